The average molecular weight is 349 g/mol. The Labute approximate surface area is 148 Å². The first-order valence-electron chi connectivity index (χ1n) is 9.48. The number of hydrogen-bond acceptors (Lipinski definition) is 4. The first-order chi connectivity index (χ1) is 11.8. The van der Waals surface area contributed by atoms with Crippen LogP contribution in [0.2, 0.25) is 0 Å². The number of ether oxygens (including phenoxy) is 1. The second-order valence-corrected chi connectivity index (χ2v) is 8.42. The lowest BCUT2D eigenvalue weighted by atomic mass is 9.82. The fourth-order valence-corrected chi connectivity index (χ4v) is 5.42. The van der Waals surface area contributed by atoms with E-state index in [0.29, 0.717) is 12.5 Å². The number of fused-ring (bicyclic) bond motifs is 2. The lowest BCUT2D eigenvalue weighted by Crippen LogP contribution is -2.50. The summed E-state index contributed by atoms with van der Waals surface area (Å²) in [6.07, 6.45) is 8.06. The van der Waals surface area contributed by atoms with Crippen molar-refractivity contribution in [2.75, 3.05) is 39.3 Å². The Morgan fingerprint density at radius 3 is 2.62 bits per heavy atom. The fourth-order valence-electron chi connectivity index (χ4n) is 4.47. The minimum absolute atomic E-state index is 0.118. The molecule has 0 aliphatic carbocycles. The molecule has 3 aliphatic rings. The van der Waals surface area contributed by atoms with Crippen LogP contribution in [0.15, 0.2) is 11.4 Å². The maximum absolute atomic E-state index is 12.7. The predicted octanol–water partition coefficient (Wildman–Crippen LogP) is 3.01. The highest BCUT2D eigenvalue weighted by molar-refractivity contribution is 7.10. The van der Waals surface area contributed by atoms with E-state index in [1.165, 1.54) is 36.1 Å². The summed E-state index contributed by atoms with van der Waals surface area (Å²) in [5.74, 6) is 0.313. The molecule has 3 aliphatic heterocycles. The molecule has 1 amide bonds. The van der Waals surface area contributed by atoms with Gasteiger partial charge in [0.2, 0.25) is 5.91 Å². The Kier molecular flexibility index (Phi) is 4.93. The smallest absolute Gasteiger partial charge is 0.236 e. The number of piperidine rings is 1. The van der Waals surface area contributed by atoms with E-state index in [4.69, 9.17) is 4.74 Å². The highest BCUT2D eigenvalue weighted by atomic mass is 32.1. The van der Waals surface area contributed by atoms with E-state index in [0.717, 1.165) is 52.0 Å². The van der Waals surface area contributed by atoms with Crippen molar-refractivity contribution in [3.63, 3.8) is 0 Å². The van der Waals surface area contributed by atoms with Gasteiger partial charge in [0.1, 0.15) is 0 Å². The first-order valence-corrected chi connectivity index (χ1v) is 10.4. The van der Waals surface area contributed by atoms with Crippen molar-refractivity contribution in [3.8, 4) is 0 Å². The molecule has 5 heteroatoms. The quantitative estimate of drug-likeness (QED) is 0.824. The van der Waals surface area contributed by atoms with Gasteiger partial charge in [-0.15, -0.1) is 11.3 Å². The number of hydrogen-bond donors (Lipinski definition) is 0. The number of likely N-dealkylation sites (tertiary alicyclic amines) is 2. The Bertz CT molecular complexity index is 570. The van der Waals surface area contributed by atoms with Crippen LogP contribution < -0.4 is 0 Å². The monoisotopic (exact) mass is 348 g/mol. The van der Waals surface area contributed by atoms with Crippen LogP contribution in [-0.2, 0) is 21.6 Å². The maximum atomic E-state index is 12.7. The van der Waals surface area contributed by atoms with Crippen molar-refractivity contribution in [2.45, 2.75) is 50.5 Å². The van der Waals surface area contributed by atoms with Gasteiger partial charge >= 0.3 is 0 Å². The molecular weight excluding hydrogens is 320 g/mol. The van der Waals surface area contributed by atoms with Crippen LogP contribution in [0.5, 0.6) is 0 Å². The van der Waals surface area contributed by atoms with E-state index >= 15 is 0 Å². The normalized spacial score (nSPS) is 24.6. The number of carbonyl (C=O) groups excluding carboxylic acids is 1. The molecular formula is C19H28N2O2S. The van der Waals surface area contributed by atoms with Gasteiger partial charge in [-0.25, -0.2) is 0 Å². The van der Waals surface area contributed by atoms with Crippen molar-refractivity contribution in [3.05, 3.63) is 21.9 Å². The largest absolute Gasteiger partial charge is 0.370 e. The minimum atomic E-state index is -0.118. The molecule has 4 rings (SSSR count). The number of nitrogens with zero attached hydrogens (tertiary/aromatic N) is 2. The van der Waals surface area contributed by atoms with E-state index in [1.54, 1.807) is 0 Å². The Morgan fingerprint density at radius 1 is 1.12 bits per heavy atom. The Hall–Kier alpha value is -0.910. The SMILES string of the molecule is O=C(CN1CCCCCC1)N1CCC2(CC1)OCCc1sccc12. The topological polar surface area (TPSA) is 32.8 Å². The summed E-state index contributed by atoms with van der Waals surface area (Å²) < 4.78 is 6.24. The summed E-state index contributed by atoms with van der Waals surface area (Å²) in [6, 6.07) is 2.24. The van der Waals surface area contributed by atoms with Gasteiger partial charge in [-0.3, -0.25) is 9.69 Å². The summed E-state index contributed by atoms with van der Waals surface area (Å²) in [6.45, 7) is 5.28. The van der Waals surface area contributed by atoms with Gasteiger partial charge < -0.3 is 9.64 Å². The zero-order valence-electron chi connectivity index (χ0n) is 14.5. The van der Waals surface area contributed by atoms with Gasteiger partial charge in [0, 0.05) is 24.4 Å². The van der Waals surface area contributed by atoms with Crippen LogP contribution in [0.25, 0.3) is 0 Å². The molecule has 1 aromatic heterocycles. The van der Waals surface area contributed by atoms with Gasteiger partial charge in [-0.1, -0.05) is 12.8 Å². The summed E-state index contributed by atoms with van der Waals surface area (Å²) in [5, 5.41) is 2.19. The van der Waals surface area contributed by atoms with Crippen LogP contribution >= 0.6 is 11.3 Å². The zero-order chi connectivity index (χ0) is 16.4. The van der Waals surface area contributed by atoms with E-state index < -0.39 is 0 Å². The van der Waals surface area contributed by atoms with Crippen LogP contribution in [0.4, 0.5) is 0 Å². The summed E-state index contributed by atoms with van der Waals surface area (Å²) in [4.78, 5) is 18.6. The fraction of sp³-hybridized carbons (Fsp3) is 0.737. The number of carbonyl (C=O) groups is 1. The van der Waals surface area contributed by atoms with Crippen LogP contribution in [0.1, 0.15) is 49.0 Å². The molecule has 0 atom stereocenters. The molecule has 1 spiro atoms. The molecule has 132 valence electrons. The third kappa shape index (κ3) is 3.26. The second kappa shape index (κ2) is 7.14. The van der Waals surface area contributed by atoms with E-state index in [-0.39, 0.29) is 5.60 Å². The second-order valence-electron chi connectivity index (χ2n) is 7.42. The molecule has 4 heterocycles. The highest BCUT2D eigenvalue weighted by Crippen LogP contribution is 2.43. The van der Waals surface area contributed by atoms with Gasteiger partial charge in [0.15, 0.2) is 0 Å². The molecule has 0 radical (unpaired) electrons. The van der Waals surface area contributed by atoms with Gasteiger partial charge in [-0.2, -0.15) is 0 Å². The lowest BCUT2D eigenvalue weighted by Gasteiger charge is -2.44. The third-order valence-corrected chi connectivity index (χ3v) is 6.91. The minimum Gasteiger partial charge on any atom is -0.370 e. The van der Waals surface area contributed by atoms with E-state index in [2.05, 4.69) is 21.2 Å². The number of thiophene rings is 1. The Balaban J connectivity index is 1.35. The summed E-state index contributed by atoms with van der Waals surface area (Å²) in [7, 11) is 0. The van der Waals surface area contributed by atoms with Crippen molar-refractivity contribution < 1.29 is 9.53 Å². The lowest BCUT2D eigenvalue weighted by molar-refractivity contribution is -0.141. The highest BCUT2D eigenvalue weighted by Gasteiger charge is 2.42. The molecule has 0 unspecified atom stereocenters. The first kappa shape index (κ1) is 16.6. The number of amides is 1. The summed E-state index contributed by atoms with van der Waals surface area (Å²) >= 11 is 1.86. The van der Waals surface area contributed by atoms with Crippen molar-refractivity contribution in [2.24, 2.45) is 0 Å². The average Bonchev–Trinajstić information content (AvgIpc) is 2.95. The molecule has 0 aromatic carbocycles. The molecule has 2 fully saturated rings. The third-order valence-electron chi connectivity index (χ3n) is 5.93. The van der Waals surface area contributed by atoms with E-state index in [1.807, 2.05) is 11.3 Å². The molecule has 1 aromatic rings. The molecule has 0 saturated carbocycles. The van der Waals surface area contributed by atoms with Crippen LogP contribution in [0, 0.1) is 0 Å². The number of rotatable bonds is 2. The van der Waals surface area contributed by atoms with Crippen LogP contribution in [-0.4, -0.2) is 55.0 Å². The van der Waals surface area contributed by atoms with Crippen molar-refractivity contribution in [1.29, 1.82) is 0 Å². The molecule has 4 nitrogen and oxygen atoms in total. The van der Waals surface area contributed by atoms with Gasteiger partial charge in [0.25, 0.3) is 0 Å². The van der Waals surface area contributed by atoms with Crippen LogP contribution in [0.3, 0.4) is 0 Å². The van der Waals surface area contributed by atoms with Gasteiger partial charge in [0.05, 0.1) is 18.8 Å². The molecule has 0 N–H and O–H groups in total. The predicted molar refractivity (Wildman–Crippen MR) is 96.4 cm³/mol. The van der Waals surface area contributed by atoms with Crippen molar-refractivity contribution >= 4 is 17.2 Å². The Morgan fingerprint density at radius 2 is 1.88 bits per heavy atom. The molecule has 24 heavy (non-hydrogen) atoms. The zero-order valence-corrected chi connectivity index (χ0v) is 15.3. The van der Waals surface area contributed by atoms with Crippen molar-refractivity contribution in [1.82, 2.24) is 9.80 Å². The molecule has 0 bridgehead atoms. The van der Waals surface area contributed by atoms with E-state index in [9.17, 15) is 4.79 Å². The molecule has 2 saturated heterocycles. The maximum Gasteiger partial charge on any atom is 0.236 e. The summed E-state index contributed by atoms with van der Waals surface area (Å²) in [5.41, 5.74) is 1.28. The standard InChI is InChI=1S/C19H28N2O2S/c22-18(15-20-9-3-1-2-4-10-20)21-11-7-19(8-12-21)16-6-14-24-17(16)5-13-23-19/h6,14H,1-5,7-13,15H2. The van der Waals surface area contributed by atoms with Gasteiger partial charge in [-0.05, 0) is 55.8 Å².